The zero-order chi connectivity index (χ0) is 21.0. The Hall–Kier alpha value is -2.71. The summed E-state index contributed by atoms with van der Waals surface area (Å²) in [7, 11) is 0. The predicted molar refractivity (Wildman–Crippen MR) is 112 cm³/mol. The first-order valence-electron chi connectivity index (χ1n) is 9.52. The van der Waals surface area contributed by atoms with Gasteiger partial charge >= 0.3 is 5.97 Å². The SMILES string of the molecule is CCOC(=O)c1c(NC(=O)[C@H]2CCCO2)sc(C(=O)Nc2ccccc2C)c1C. The van der Waals surface area contributed by atoms with Crippen LogP contribution in [0.1, 0.15) is 50.9 Å². The molecule has 0 aliphatic carbocycles. The molecule has 0 radical (unpaired) electrons. The fraction of sp³-hybridized carbons (Fsp3) is 0.381. The number of amides is 2. The summed E-state index contributed by atoms with van der Waals surface area (Å²) in [6.07, 6.45) is 0.902. The van der Waals surface area contributed by atoms with Gasteiger partial charge in [0.25, 0.3) is 11.8 Å². The molecule has 8 heteroatoms. The van der Waals surface area contributed by atoms with Crippen LogP contribution in [0.2, 0.25) is 0 Å². The van der Waals surface area contributed by atoms with Gasteiger partial charge < -0.3 is 20.1 Å². The highest BCUT2D eigenvalue weighted by Crippen LogP contribution is 2.35. The molecular formula is C21H24N2O5S. The maximum Gasteiger partial charge on any atom is 0.341 e. The molecule has 1 aromatic heterocycles. The lowest BCUT2D eigenvalue weighted by Crippen LogP contribution is -2.27. The number of rotatable bonds is 6. The zero-order valence-corrected chi connectivity index (χ0v) is 17.5. The molecule has 0 unspecified atom stereocenters. The number of para-hydroxylation sites is 1. The number of carbonyl (C=O) groups is 3. The van der Waals surface area contributed by atoms with Gasteiger partial charge in [-0.1, -0.05) is 18.2 Å². The smallest absolute Gasteiger partial charge is 0.341 e. The van der Waals surface area contributed by atoms with Crippen LogP contribution in [0.4, 0.5) is 10.7 Å². The van der Waals surface area contributed by atoms with Gasteiger partial charge in [0, 0.05) is 12.3 Å². The van der Waals surface area contributed by atoms with Crippen molar-refractivity contribution in [2.45, 2.75) is 39.7 Å². The number of carbonyl (C=O) groups excluding carboxylic acids is 3. The van der Waals surface area contributed by atoms with Gasteiger partial charge in [0.1, 0.15) is 11.1 Å². The average Bonchev–Trinajstić information content (AvgIpc) is 3.32. The number of anilines is 2. The number of ether oxygens (including phenoxy) is 2. The Morgan fingerprint density at radius 1 is 1.21 bits per heavy atom. The number of esters is 1. The summed E-state index contributed by atoms with van der Waals surface area (Å²) in [6.45, 7) is 6.01. The molecule has 154 valence electrons. The number of hydrogen-bond donors (Lipinski definition) is 2. The third-order valence-corrected chi connectivity index (χ3v) is 5.89. The molecule has 29 heavy (non-hydrogen) atoms. The van der Waals surface area contributed by atoms with Gasteiger partial charge in [-0.2, -0.15) is 0 Å². The summed E-state index contributed by atoms with van der Waals surface area (Å²) in [5.41, 5.74) is 2.29. The maximum atomic E-state index is 12.9. The van der Waals surface area contributed by atoms with Gasteiger partial charge in [-0.15, -0.1) is 11.3 Å². The van der Waals surface area contributed by atoms with Crippen molar-refractivity contribution < 1.29 is 23.9 Å². The molecule has 2 N–H and O–H groups in total. The van der Waals surface area contributed by atoms with Crippen LogP contribution in [-0.2, 0) is 14.3 Å². The van der Waals surface area contributed by atoms with E-state index in [0.29, 0.717) is 34.2 Å². The summed E-state index contributed by atoms with van der Waals surface area (Å²) in [4.78, 5) is 38.2. The van der Waals surface area contributed by atoms with Gasteiger partial charge in [0.15, 0.2) is 0 Å². The first kappa shape index (κ1) is 21.0. The van der Waals surface area contributed by atoms with Crippen molar-refractivity contribution in [2.75, 3.05) is 23.8 Å². The van der Waals surface area contributed by atoms with Crippen LogP contribution in [0.3, 0.4) is 0 Å². The molecule has 7 nitrogen and oxygen atoms in total. The van der Waals surface area contributed by atoms with E-state index >= 15 is 0 Å². The standard InChI is InChI=1S/C21H24N2O5S/c1-4-27-21(26)16-13(3)17(19(25)22-14-9-6-5-8-12(14)2)29-20(16)23-18(24)15-10-7-11-28-15/h5-6,8-9,15H,4,7,10-11H2,1-3H3,(H,22,25)(H,23,24)/t15-/m1/s1. The topological polar surface area (TPSA) is 93.7 Å². The van der Waals surface area contributed by atoms with E-state index < -0.39 is 12.1 Å². The number of hydrogen-bond acceptors (Lipinski definition) is 6. The summed E-state index contributed by atoms with van der Waals surface area (Å²) in [5, 5.41) is 5.93. The van der Waals surface area contributed by atoms with E-state index in [0.717, 1.165) is 23.3 Å². The highest BCUT2D eigenvalue weighted by atomic mass is 32.1. The Bertz CT molecular complexity index is 931. The van der Waals surface area contributed by atoms with Gasteiger partial charge in [0.05, 0.1) is 17.0 Å². The van der Waals surface area contributed by atoms with Crippen molar-refractivity contribution in [3.8, 4) is 0 Å². The summed E-state index contributed by atoms with van der Waals surface area (Å²) in [5.74, 6) is -1.23. The molecule has 1 fully saturated rings. The molecule has 2 amide bonds. The number of aryl methyl sites for hydroxylation is 1. The first-order valence-corrected chi connectivity index (χ1v) is 10.3. The minimum Gasteiger partial charge on any atom is -0.462 e. The minimum absolute atomic E-state index is 0.192. The number of thiophene rings is 1. The van der Waals surface area contributed by atoms with E-state index in [-0.39, 0.29) is 24.0 Å². The lowest BCUT2D eigenvalue weighted by molar-refractivity contribution is -0.124. The molecule has 0 bridgehead atoms. The van der Waals surface area contributed by atoms with Gasteiger partial charge in [-0.25, -0.2) is 4.79 Å². The Labute approximate surface area is 173 Å². The molecule has 0 saturated carbocycles. The third kappa shape index (κ3) is 4.65. The van der Waals surface area contributed by atoms with Gasteiger partial charge in [-0.3, -0.25) is 9.59 Å². The minimum atomic E-state index is -0.571. The Balaban J connectivity index is 1.90. The predicted octanol–water partition coefficient (Wildman–Crippen LogP) is 3.91. The molecule has 1 atom stereocenters. The Morgan fingerprint density at radius 2 is 1.97 bits per heavy atom. The van der Waals surface area contributed by atoms with Crippen LogP contribution in [0, 0.1) is 13.8 Å². The van der Waals surface area contributed by atoms with E-state index in [1.54, 1.807) is 13.8 Å². The van der Waals surface area contributed by atoms with Crippen LogP contribution in [0.5, 0.6) is 0 Å². The molecule has 1 aromatic carbocycles. The zero-order valence-electron chi connectivity index (χ0n) is 16.7. The fourth-order valence-corrected chi connectivity index (χ4v) is 4.23. The first-order chi connectivity index (χ1) is 13.9. The monoisotopic (exact) mass is 416 g/mol. The highest BCUT2D eigenvalue weighted by Gasteiger charge is 2.30. The average molecular weight is 416 g/mol. The number of benzene rings is 1. The maximum absolute atomic E-state index is 12.9. The van der Waals surface area contributed by atoms with Gasteiger partial charge in [0.2, 0.25) is 0 Å². The molecular weight excluding hydrogens is 392 g/mol. The second kappa shape index (κ2) is 9.19. The van der Waals surface area contributed by atoms with Crippen molar-refractivity contribution in [1.29, 1.82) is 0 Å². The van der Waals surface area contributed by atoms with Crippen LogP contribution in [0.25, 0.3) is 0 Å². The normalized spacial score (nSPS) is 15.8. The lowest BCUT2D eigenvalue weighted by atomic mass is 10.1. The Morgan fingerprint density at radius 3 is 2.62 bits per heavy atom. The second-order valence-corrected chi connectivity index (χ2v) is 7.76. The van der Waals surface area contributed by atoms with Gasteiger partial charge in [-0.05, 0) is 50.8 Å². The van der Waals surface area contributed by atoms with Crippen LogP contribution >= 0.6 is 11.3 Å². The summed E-state index contributed by atoms with van der Waals surface area (Å²) < 4.78 is 10.5. The third-order valence-electron chi connectivity index (χ3n) is 4.68. The van der Waals surface area contributed by atoms with E-state index in [4.69, 9.17) is 9.47 Å². The lowest BCUT2D eigenvalue weighted by Gasteiger charge is -2.10. The number of nitrogens with one attached hydrogen (secondary N) is 2. The molecule has 2 heterocycles. The van der Waals surface area contributed by atoms with E-state index in [9.17, 15) is 14.4 Å². The van der Waals surface area contributed by atoms with Crippen molar-refractivity contribution in [1.82, 2.24) is 0 Å². The molecule has 1 aliphatic heterocycles. The molecule has 1 aliphatic rings. The van der Waals surface area contributed by atoms with E-state index in [1.807, 2.05) is 31.2 Å². The molecule has 0 spiro atoms. The second-order valence-electron chi connectivity index (χ2n) is 6.74. The van der Waals surface area contributed by atoms with Crippen LogP contribution in [-0.4, -0.2) is 37.1 Å². The van der Waals surface area contributed by atoms with Crippen molar-refractivity contribution in [3.05, 3.63) is 45.8 Å². The molecule has 3 rings (SSSR count). The summed E-state index contributed by atoms with van der Waals surface area (Å²) >= 11 is 1.06. The van der Waals surface area contributed by atoms with Crippen molar-refractivity contribution in [2.24, 2.45) is 0 Å². The quantitative estimate of drug-likeness (QED) is 0.697. The van der Waals surface area contributed by atoms with Crippen molar-refractivity contribution >= 4 is 39.8 Å². The highest BCUT2D eigenvalue weighted by molar-refractivity contribution is 7.19. The summed E-state index contributed by atoms with van der Waals surface area (Å²) in [6, 6.07) is 7.43. The van der Waals surface area contributed by atoms with E-state index in [2.05, 4.69) is 10.6 Å². The van der Waals surface area contributed by atoms with Crippen LogP contribution < -0.4 is 10.6 Å². The molecule has 2 aromatic rings. The fourth-order valence-electron chi connectivity index (χ4n) is 3.14. The van der Waals surface area contributed by atoms with E-state index in [1.165, 1.54) is 0 Å². The van der Waals surface area contributed by atoms with Crippen molar-refractivity contribution in [3.63, 3.8) is 0 Å². The largest absolute Gasteiger partial charge is 0.462 e. The molecule has 1 saturated heterocycles. The van der Waals surface area contributed by atoms with Crippen LogP contribution in [0.15, 0.2) is 24.3 Å². The Kier molecular flexibility index (Phi) is 6.66.